The van der Waals surface area contributed by atoms with Crippen molar-refractivity contribution in [2.45, 2.75) is 6.04 Å². The standard InChI is InChI=1S/C15H13IN2S/c1-17-15(10-8-14(16)19-9-10)12-4-2-6-13-11(12)5-3-7-18-13/h2-9,15,17H,1H3. The molecule has 0 saturated heterocycles. The van der Waals surface area contributed by atoms with Crippen LogP contribution >= 0.6 is 33.9 Å². The molecule has 0 radical (unpaired) electrons. The fourth-order valence-electron chi connectivity index (χ4n) is 2.36. The molecule has 2 heterocycles. The van der Waals surface area contributed by atoms with Crippen LogP contribution in [0.3, 0.4) is 0 Å². The molecule has 0 spiro atoms. The lowest BCUT2D eigenvalue weighted by atomic mass is 9.97. The van der Waals surface area contributed by atoms with Crippen molar-refractivity contribution in [3.63, 3.8) is 0 Å². The number of nitrogens with zero attached hydrogens (tertiary/aromatic N) is 1. The first-order valence-corrected chi connectivity index (χ1v) is 8.00. The van der Waals surface area contributed by atoms with Crippen LogP contribution < -0.4 is 5.32 Å². The van der Waals surface area contributed by atoms with Gasteiger partial charge in [-0.15, -0.1) is 11.3 Å². The van der Waals surface area contributed by atoms with Gasteiger partial charge in [-0.25, -0.2) is 0 Å². The molecule has 3 rings (SSSR count). The molecule has 4 heteroatoms. The minimum absolute atomic E-state index is 0.215. The third kappa shape index (κ3) is 2.52. The van der Waals surface area contributed by atoms with Crippen LogP contribution in [-0.4, -0.2) is 12.0 Å². The van der Waals surface area contributed by atoms with E-state index in [9.17, 15) is 0 Å². The van der Waals surface area contributed by atoms with Gasteiger partial charge in [0.05, 0.1) is 14.4 Å². The normalized spacial score (nSPS) is 12.7. The molecule has 0 aliphatic heterocycles. The van der Waals surface area contributed by atoms with Gasteiger partial charge in [0.15, 0.2) is 0 Å². The molecule has 0 bridgehead atoms. The molecule has 1 aromatic carbocycles. The largest absolute Gasteiger partial charge is 0.309 e. The highest BCUT2D eigenvalue weighted by atomic mass is 127. The summed E-state index contributed by atoms with van der Waals surface area (Å²) in [7, 11) is 2.00. The van der Waals surface area contributed by atoms with Gasteiger partial charge in [0.2, 0.25) is 0 Å². The number of hydrogen-bond acceptors (Lipinski definition) is 3. The fourth-order valence-corrected chi connectivity index (χ4v) is 3.75. The molecule has 1 N–H and O–H groups in total. The molecular formula is C15H13IN2S. The van der Waals surface area contributed by atoms with Gasteiger partial charge in [0.25, 0.3) is 0 Å². The van der Waals surface area contributed by atoms with Gasteiger partial charge in [-0.2, -0.15) is 0 Å². The van der Waals surface area contributed by atoms with Crippen LogP contribution in [0, 0.1) is 2.88 Å². The number of pyridine rings is 1. The van der Waals surface area contributed by atoms with E-state index in [2.05, 4.69) is 68.6 Å². The van der Waals surface area contributed by atoms with E-state index >= 15 is 0 Å². The SMILES string of the molecule is CNC(c1csc(I)c1)c1cccc2ncccc12. The number of nitrogens with one attached hydrogen (secondary N) is 1. The fraction of sp³-hybridized carbons (Fsp3) is 0.133. The van der Waals surface area contributed by atoms with Gasteiger partial charge in [-0.3, -0.25) is 4.98 Å². The minimum atomic E-state index is 0.215. The maximum absolute atomic E-state index is 4.43. The summed E-state index contributed by atoms with van der Waals surface area (Å²) in [6.07, 6.45) is 1.84. The van der Waals surface area contributed by atoms with Crippen molar-refractivity contribution in [2.75, 3.05) is 7.05 Å². The van der Waals surface area contributed by atoms with Crippen molar-refractivity contribution in [3.05, 3.63) is 62.0 Å². The first-order valence-electron chi connectivity index (χ1n) is 6.04. The number of thiophene rings is 1. The third-order valence-electron chi connectivity index (χ3n) is 3.20. The molecule has 0 amide bonds. The van der Waals surface area contributed by atoms with Crippen LogP contribution in [0.15, 0.2) is 48.0 Å². The Balaban J connectivity index is 2.16. The van der Waals surface area contributed by atoms with Crippen molar-refractivity contribution in [2.24, 2.45) is 0 Å². The smallest absolute Gasteiger partial charge is 0.0705 e. The summed E-state index contributed by atoms with van der Waals surface area (Å²) in [6.45, 7) is 0. The molecule has 96 valence electrons. The first-order chi connectivity index (χ1) is 9.29. The second-order valence-corrected chi connectivity index (χ2v) is 7.13. The Kier molecular flexibility index (Phi) is 3.81. The van der Waals surface area contributed by atoms with Crippen LogP contribution in [0.1, 0.15) is 17.2 Å². The van der Waals surface area contributed by atoms with Crippen LogP contribution in [0.5, 0.6) is 0 Å². The number of rotatable bonds is 3. The molecular weight excluding hydrogens is 367 g/mol. The lowest BCUT2D eigenvalue weighted by Crippen LogP contribution is -2.17. The van der Waals surface area contributed by atoms with E-state index in [-0.39, 0.29) is 6.04 Å². The van der Waals surface area contributed by atoms with Gasteiger partial charge < -0.3 is 5.32 Å². The van der Waals surface area contributed by atoms with E-state index in [1.165, 1.54) is 19.4 Å². The van der Waals surface area contributed by atoms with Gasteiger partial charge in [0.1, 0.15) is 0 Å². The molecule has 0 fully saturated rings. The zero-order valence-corrected chi connectivity index (χ0v) is 13.4. The lowest BCUT2D eigenvalue weighted by molar-refractivity contribution is 0.699. The van der Waals surface area contributed by atoms with E-state index in [0.717, 1.165) is 5.52 Å². The highest BCUT2D eigenvalue weighted by Gasteiger charge is 2.16. The second kappa shape index (κ2) is 5.56. The summed E-state index contributed by atoms with van der Waals surface area (Å²) in [5.41, 5.74) is 3.64. The zero-order chi connectivity index (χ0) is 13.2. The molecule has 19 heavy (non-hydrogen) atoms. The first kappa shape index (κ1) is 13.0. The van der Waals surface area contributed by atoms with E-state index in [1.807, 2.05) is 19.3 Å². The summed E-state index contributed by atoms with van der Waals surface area (Å²) in [4.78, 5) is 4.43. The number of aromatic nitrogens is 1. The van der Waals surface area contributed by atoms with Crippen LogP contribution in [-0.2, 0) is 0 Å². The van der Waals surface area contributed by atoms with Crippen molar-refractivity contribution >= 4 is 44.8 Å². The van der Waals surface area contributed by atoms with Crippen LogP contribution in [0.25, 0.3) is 10.9 Å². The lowest BCUT2D eigenvalue weighted by Gasteiger charge is -2.17. The molecule has 0 saturated carbocycles. The maximum Gasteiger partial charge on any atom is 0.0705 e. The summed E-state index contributed by atoms with van der Waals surface area (Å²) in [6, 6.07) is 12.9. The van der Waals surface area contributed by atoms with Crippen LogP contribution in [0.2, 0.25) is 0 Å². The van der Waals surface area contributed by atoms with Crippen LogP contribution in [0.4, 0.5) is 0 Å². The van der Waals surface area contributed by atoms with E-state index in [1.54, 1.807) is 11.3 Å². The average Bonchev–Trinajstić information content (AvgIpc) is 2.86. The average molecular weight is 380 g/mol. The van der Waals surface area contributed by atoms with Crippen molar-refractivity contribution in [1.29, 1.82) is 0 Å². The predicted octanol–water partition coefficient (Wildman–Crippen LogP) is 4.21. The molecule has 0 aliphatic carbocycles. The number of hydrogen-bond donors (Lipinski definition) is 1. The molecule has 1 atom stereocenters. The van der Waals surface area contributed by atoms with Gasteiger partial charge >= 0.3 is 0 Å². The van der Waals surface area contributed by atoms with Crippen molar-refractivity contribution in [3.8, 4) is 0 Å². The Morgan fingerprint density at radius 1 is 1.26 bits per heavy atom. The van der Waals surface area contributed by atoms with Gasteiger partial charge in [0, 0.05) is 11.6 Å². The number of fused-ring (bicyclic) bond motifs is 1. The Morgan fingerprint density at radius 3 is 2.89 bits per heavy atom. The molecule has 2 aromatic heterocycles. The Hall–Kier alpha value is -0.980. The zero-order valence-electron chi connectivity index (χ0n) is 10.4. The summed E-state index contributed by atoms with van der Waals surface area (Å²) >= 11 is 4.15. The number of benzene rings is 1. The predicted molar refractivity (Wildman–Crippen MR) is 89.7 cm³/mol. The number of halogens is 1. The molecule has 1 unspecified atom stereocenters. The summed E-state index contributed by atoms with van der Waals surface area (Å²) in [5, 5.41) is 6.85. The molecule has 3 aromatic rings. The summed E-state index contributed by atoms with van der Waals surface area (Å²) in [5.74, 6) is 0. The Bertz CT molecular complexity index is 703. The summed E-state index contributed by atoms with van der Waals surface area (Å²) < 4.78 is 1.31. The van der Waals surface area contributed by atoms with E-state index in [4.69, 9.17) is 0 Å². The molecule has 2 nitrogen and oxygen atoms in total. The van der Waals surface area contributed by atoms with Crippen molar-refractivity contribution in [1.82, 2.24) is 10.3 Å². The highest BCUT2D eigenvalue weighted by Crippen LogP contribution is 2.30. The van der Waals surface area contributed by atoms with Gasteiger partial charge in [-0.1, -0.05) is 18.2 Å². The van der Waals surface area contributed by atoms with E-state index in [0.29, 0.717) is 0 Å². The topological polar surface area (TPSA) is 24.9 Å². The Labute approximate surface area is 130 Å². The monoisotopic (exact) mass is 380 g/mol. The van der Waals surface area contributed by atoms with Gasteiger partial charge in [-0.05, 0) is 64.3 Å². The quantitative estimate of drug-likeness (QED) is 0.689. The minimum Gasteiger partial charge on any atom is -0.309 e. The second-order valence-electron chi connectivity index (χ2n) is 4.32. The maximum atomic E-state index is 4.43. The van der Waals surface area contributed by atoms with Crippen molar-refractivity contribution < 1.29 is 0 Å². The Morgan fingerprint density at radius 2 is 2.16 bits per heavy atom. The molecule has 0 aliphatic rings. The highest BCUT2D eigenvalue weighted by molar-refractivity contribution is 14.1. The van der Waals surface area contributed by atoms with E-state index < -0.39 is 0 Å². The third-order valence-corrected chi connectivity index (χ3v) is 5.01.